The molecule has 1 saturated heterocycles. The number of alkyl halides is 3. The number of hydrogen-bond donors (Lipinski definition) is 1. The first-order valence-electron chi connectivity index (χ1n) is 12.3. The molecular weight excluding hydrogens is 501 g/mol. The first-order valence-corrected chi connectivity index (χ1v) is 12.7. The van der Waals surface area contributed by atoms with Gasteiger partial charge in [0.15, 0.2) is 0 Å². The number of rotatable bonds is 6. The molecule has 1 aromatic carbocycles. The monoisotopic (exact) mass is 528 g/mol. The summed E-state index contributed by atoms with van der Waals surface area (Å²) in [5, 5.41) is 4.58. The minimum atomic E-state index is -4.35. The molecule has 1 aliphatic heterocycles. The number of imidazole rings is 1. The lowest BCUT2D eigenvalue weighted by molar-refractivity contribution is -0.127. The normalized spacial score (nSPS) is 15.4. The predicted molar refractivity (Wildman–Crippen MR) is 142 cm³/mol. The molecule has 0 amide bonds. The third-order valence-corrected chi connectivity index (χ3v) is 6.86. The Kier molecular flexibility index (Phi) is 6.74. The van der Waals surface area contributed by atoms with Crippen molar-refractivity contribution in [3.05, 3.63) is 64.7 Å². The molecule has 0 bridgehead atoms. The summed E-state index contributed by atoms with van der Waals surface area (Å²) < 4.78 is 41.5. The highest BCUT2D eigenvalue weighted by molar-refractivity contribution is 6.29. The van der Waals surface area contributed by atoms with Gasteiger partial charge in [-0.1, -0.05) is 24.2 Å². The van der Waals surface area contributed by atoms with E-state index in [1.54, 1.807) is 16.5 Å². The van der Waals surface area contributed by atoms with Gasteiger partial charge in [0.2, 0.25) is 5.95 Å². The highest BCUT2D eigenvalue weighted by atomic mass is 35.5. The van der Waals surface area contributed by atoms with Crippen LogP contribution < -0.4 is 10.2 Å². The van der Waals surface area contributed by atoms with Gasteiger partial charge in [0.1, 0.15) is 10.8 Å². The van der Waals surface area contributed by atoms with Crippen molar-refractivity contribution in [1.29, 1.82) is 0 Å². The maximum atomic E-state index is 13.3. The average Bonchev–Trinajstić information content (AvgIpc) is 3.27. The van der Waals surface area contributed by atoms with Crippen LogP contribution in [0.3, 0.4) is 0 Å². The Balaban J connectivity index is 1.68. The molecule has 3 aromatic heterocycles. The Bertz CT molecular complexity index is 1470. The number of halogens is 4. The SMILES string of the molecule is C=Cc1nc(Cl)ccc1NC(C)c1cc(C)cc2c1nc(N1CCCCC1)n1cc(CC(F)(F)F)nc21. The Morgan fingerprint density at radius 3 is 2.59 bits per heavy atom. The van der Waals surface area contributed by atoms with Crippen molar-refractivity contribution in [3.8, 4) is 0 Å². The summed E-state index contributed by atoms with van der Waals surface area (Å²) in [5.41, 5.74) is 4.46. The largest absolute Gasteiger partial charge is 0.394 e. The number of hydrogen-bond acceptors (Lipinski definition) is 5. The van der Waals surface area contributed by atoms with Crippen LogP contribution in [0.4, 0.5) is 24.8 Å². The van der Waals surface area contributed by atoms with Crippen molar-refractivity contribution in [2.45, 2.75) is 51.7 Å². The molecule has 1 aliphatic rings. The first kappa shape index (κ1) is 25.3. The highest BCUT2D eigenvalue weighted by Gasteiger charge is 2.30. The standard InChI is InChI=1S/C27H28ClF3N6/c1-4-21-22(8-9-23(28)34-21)32-17(3)19-12-16(2)13-20-24(19)35-26(36-10-6-5-7-11-36)37-15-18(33-25(20)37)14-27(29,30)31/h4,8-9,12-13,15,17,32H,1,5-7,10-11,14H2,2-3H3. The minimum absolute atomic E-state index is 0.0165. The van der Waals surface area contributed by atoms with Crippen LogP contribution in [0, 0.1) is 6.92 Å². The van der Waals surface area contributed by atoms with Crippen LogP contribution in [0.15, 0.2) is 37.0 Å². The zero-order chi connectivity index (χ0) is 26.3. The van der Waals surface area contributed by atoms with Crippen LogP contribution in [0.1, 0.15) is 54.7 Å². The lowest BCUT2D eigenvalue weighted by atomic mass is 10.0. The lowest BCUT2D eigenvalue weighted by Gasteiger charge is -2.29. The zero-order valence-corrected chi connectivity index (χ0v) is 21.5. The van der Waals surface area contributed by atoms with Gasteiger partial charge in [0.05, 0.1) is 35.1 Å². The van der Waals surface area contributed by atoms with E-state index in [1.165, 1.54) is 6.20 Å². The van der Waals surface area contributed by atoms with E-state index >= 15 is 0 Å². The second kappa shape index (κ2) is 9.85. The maximum Gasteiger partial charge on any atom is 0.394 e. The summed E-state index contributed by atoms with van der Waals surface area (Å²) in [6.45, 7) is 9.41. The summed E-state index contributed by atoms with van der Waals surface area (Å²) in [5.74, 6) is 0.625. The van der Waals surface area contributed by atoms with Gasteiger partial charge >= 0.3 is 6.18 Å². The third-order valence-electron chi connectivity index (χ3n) is 6.65. The van der Waals surface area contributed by atoms with Gasteiger partial charge in [-0.25, -0.2) is 15.0 Å². The molecule has 1 N–H and O–H groups in total. The molecule has 0 spiro atoms. The van der Waals surface area contributed by atoms with Gasteiger partial charge in [0.25, 0.3) is 0 Å². The molecule has 37 heavy (non-hydrogen) atoms. The third kappa shape index (κ3) is 5.23. The van der Waals surface area contributed by atoms with Gasteiger partial charge in [-0.05, 0) is 62.9 Å². The van der Waals surface area contributed by atoms with E-state index in [0.29, 0.717) is 28.0 Å². The van der Waals surface area contributed by atoms with Crippen LogP contribution in [0.25, 0.3) is 22.6 Å². The molecule has 4 aromatic rings. The molecule has 1 unspecified atom stereocenters. The Morgan fingerprint density at radius 2 is 1.89 bits per heavy atom. The van der Waals surface area contributed by atoms with Crippen LogP contribution in [-0.4, -0.2) is 38.6 Å². The second-order valence-corrected chi connectivity index (χ2v) is 9.95. The first-order chi connectivity index (χ1) is 17.6. The molecule has 4 heterocycles. The molecule has 5 rings (SSSR count). The molecule has 0 radical (unpaired) electrons. The number of piperidine rings is 1. The van der Waals surface area contributed by atoms with Crippen molar-refractivity contribution in [2.24, 2.45) is 0 Å². The lowest BCUT2D eigenvalue weighted by Crippen LogP contribution is -2.32. The number of nitrogens with one attached hydrogen (secondary N) is 1. The highest BCUT2D eigenvalue weighted by Crippen LogP contribution is 2.34. The minimum Gasteiger partial charge on any atom is -0.377 e. The van der Waals surface area contributed by atoms with Gasteiger partial charge in [0, 0.05) is 30.2 Å². The van der Waals surface area contributed by atoms with Gasteiger partial charge < -0.3 is 10.2 Å². The summed E-state index contributed by atoms with van der Waals surface area (Å²) in [4.78, 5) is 16.0. The molecule has 0 aliphatic carbocycles. The van der Waals surface area contributed by atoms with Gasteiger partial charge in [-0.15, -0.1) is 0 Å². The van der Waals surface area contributed by atoms with Crippen LogP contribution in [-0.2, 0) is 6.42 Å². The predicted octanol–water partition coefficient (Wildman–Crippen LogP) is 7.15. The number of fused-ring (bicyclic) bond motifs is 3. The van der Waals surface area contributed by atoms with E-state index in [0.717, 1.165) is 54.6 Å². The zero-order valence-electron chi connectivity index (χ0n) is 20.7. The summed E-state index contributed by atoms with van der Waals surface area (Å²) in [7, 11) is 0. The van der Waals surface area contributed by atoms with E-state index in [4.69, 9.17) is 16.6 Å². The average molecular weight is 529 g/mol. The van der Waals surface area contributed by atoms with Crippen LogP contribution >= 0.6 is 11.6 Å². The van der Waals surface area contributed by atoms with Crippen molar-refractivity contribution >= 4 is 45.9 Å². The fraction of sp³-hybridized carbons (Fsp3) is 0.370. The quantitative estimate of drug-likeness (QED) is 0.269. The molecule has 10 heteroatoms. The van der Waals surface area contributed by atoms with E-state index in [1.807, 2.05) is 26.0 Å². The Hall–Kier alpha value is -3.33. The van der Waals surface area contributed by atoms with Crippen molar-refractivity contribution < 1.29 is 13.2 Å². The number of benzene rings is 1. The van der Waals surface area contributed by atoms with E-state index in [-0.39, 0.29) is 11.7 Å². The number of aryl methyl sites for hydroxylation is 1. The van der Waals surface area contributed by atoms with Crippen LogP contribution in [0.2, 0.25) is 5.15 Å². The second-order valence-electron chi connectivity index (χ2n) is 9.56. The number of nitrogens with zero attached hydrogens (tertiary/aromatic N) is 5. The maximum absolute atomic E-state index is 13.3. The molecule has 194 valence electrons. The topological polar surface area (TPSA) is 58.4 Å². The molecule has 6 nitrogen and oxygen atoms in total. The van der Waals surface area contributed by atoms with Crippen molar-refractivity contribution in [1.82, 2.24) is 19.4 Å². The summed E-state index contributed by atoms with van der Waals surface area (Å²) >= 11 is 6.06. The summed E-state index contributed by atoms with van der Waals surface area (Å²) in [6.07, 6.45) is 0.844. The van der Waals surface area contributed by atoms with Crippen molar-refractivity contribution in [2.75, 3.05) is 23.3 Å². The Morgan fingerprint density at radius 1 is 1.14 bits per heavy atom. The van der Waals surface area contributed by atoms with Gasteiger partial charge in [-0.3, -0.25) is 4.40 Å². The fourth-order valence-electron chi connectivity index (χ4n) is 5.00. The number of anilines is 2. The van der Waals surface area contributed by atoms with E-state index in [9.17, 15) is 13.2 Å². The van der Waals surface area contributed by atoms with E-state index < -0.39 is 12.6 Å². The van der Waals surface area contributed by atoms with Crippen LogP contribution in [0.5, 0.6) is 0 Å². The molecule has 1 fully saturated rings. The van der Waals surface area contributed by atoms with Gasteiger partial charge in [-0.2, -0.15) is 13.2 Å². The van der Waals surface area contributed by atoms with E-state index in [2.05, 4.69) is 32.8 Å². The fourth-order valence-corrected chi connectivity index (χ4v) is 5.16. The summed E-state index contributed by atoms with van der Waals surface area (Å²) in [6, 6.07) is 7.36. The molecular formula is C27H28ClF3N6. The van der Waals surface area contributed by atoms with Crippen molar-refractivity contribution in [3.63, 3.8) is 0 Å². The molecule has 1 atom stereocenters. The number of pyridine rings is 1. The molecule has 0 saturated carbocycles. The number of aromatic nitrogens is 4. The Labute approximate surface area is 218 Å². The smallest absolute Gasteiger partial charge is 0.377 e.